The minimum absolute atomic E-state index is 0.611. The van der Waals surface area contributed by atoms with Gasteiger partial charge in [-0.05, 0) is 44.7 Å². The molecule has 0 radical (unpaired) electrons. The number of nitrogens with zero attached hydrogens (tertiary/aromatic N) is 6. The second kappa shape index (κ2) is 9.43. The van der Waals surface area contributed by atoms with Crippen molar-refractivity contribution in [3.63, 3.8) is 0 Å². The van der Waals surface area contributed by atoms with Crippen molar-refractivity contribution in [1.29, 1.82) is 0 Å². The highest BCUT2D eigenvalue weighted by molar-refractivity contribution is 7.98. The van der Waals surface area contributed by atoms with E-state index >= 15 is 0 Å². The first-order valence-electron chi connectivity index (χ1n) is 10.5. The molecule has 7 nitrogen and oxygen atoms in total. The van der Waals surface area contributed by atoms with Crippen LogP contribution in [0, 0.1) is 6.92 Å². The molecular formula is C21H28N6OS. The van der Waals surface area contributed by atoms with Gasteiger partial charge in [-0.1, -0.05) is 48.0 Å². The molecule has 1 fully saturated rings. The van der Waals surface area contributed by atoms with Gasteiger partial charge in [0.1, 0.15) is 0 Å². The van der Waals surface area contributed by atoms with Crippen molar-refractivity contribution in [1.82, 2.24) is 24.9 Å². The summed E-state index contributed by atoms with van der Waals surface area (Å²) < 4.78 is 7.52. The summed E-state index contributed by atoms with van der Waals surface area (Å²) in [5, 5.41) is 14.0. The van der Waals surface area contributed by atoms with Crippen LogP contribution < -0.4 is 4.90 Å². The zero-order valence-corrected chi connectivity index (χ0v) is 18.0. The zero-order valence-electron chi connectivity index (χ0n) is 17.2. The van der Waals surface area contributed by atoms with Gasteiger partial charge in [-0.2, -0.15) is 4.98 Å². The third kappa shape index (κ3) is 4.80. The maximum absolute atomic E-state index is 5.36. The first-order valence-corrected chi connectivity index (χ1v) is 11.4. The first-order chi connectivity index (χ1) is 14.2. The summed E-state index contributed by atoms with van der Waals surface area (Å²) in [6.45, 7) is 6.31. The van der Waals surface area contributed by atoms with Crippen LogP contribution >= 0.6 is 11.8 Å². The fraction of sp³-hybridized carbons (Fsp3) is 0.524. The van der Waals surface area contributed by atoms with Crippen LogP contribution in [0.2, 0.25) is 0 Å². The molecule has 1 aliphatic rings. The van der Waals surface area contributed by atoms with Crippen LogP contribution in [0.3, 0.4) is 0 Å². The molecule has 3 aromatic rings. The van der Waals surface area contributed by atoms with Gasteiger partial charge in [-0.15, -0.1) is 10.2 Å². The lowest BCUT2D eigenvalue weighted by Crippen LogP contribution is -2.31. The molecule has 0 saturated carbocycles. The SMILES string of the molecule is CCCCc1nc(CSc2nnc(N3CCCCC3)n2-c2ccc(C)cc2)no1. The Morgan fingerprint density at radius 1 is 1.07 bits per heavy atom. The minimum atomic E-state index is 0.611. The number of piperidine rings is 1. The number of benzene rings is 1. The summed E-state index contributed by atoms with van der Waals surface area (Å²) >= 11 is 1.60. The maximum atomic E-state index is 5.36. The van der Waals surface area contributed by atoms with E-state index in [1.165, 1.54) is 24.8 Å². The highest BCUT2D eigenvalue weighted by atomic mass is 32.2. The van der Waals surface area contributed by atoms with Crippen molar-refractivity contribution < 1.29 is 4.52 Å². The first kappa shape index (κ1) is 19.9. The minimum Gasteiger partial charge on any atom is -0.341 e. The molecule has 1 aromatic carbocycles. The van der Waals surface area contributed by atoms with E-state index in [1.54, 1.807) is 11.8 Å². The number of aryl methyl sites for hydroxylation is 2. The fourth-order valence-corrected chi connectivity index (χ4v) is 4.27. The fourth-order valence-electron chi connectivity index (χ4n) is 3.48. The van der Waals surface area contributed by atoms with Crippen LogP contribution in [0.4, 0.5) is 5.95 Å². The number of rotatable bonds is 8. The molecular weight excluding hydrogens is 384 g/mol. The van der Waals surface area contributed by atoms with Gasteiger partial charge in [-0.25, -0.2) is 0 Å². The summed E-state index contributed by atoms with van der Waals surface area (Å²) in [4.78, 5) is 6.85. The molecule has 8 heteroatoms. The molecule has 0 atom stereocenters. The second-order valence-electron chi connectivity index (χ2n) is 7.50. The molecule has 0 amide bonds. The number of aromatic nitrogens is 5. The third-order valence-electron chi connectivity index (χ3n) is 5.13. The molecule has 0 aliphatic carbocycles. The Hall–Kier alpha value is -2.35. The van der Waals surface area contributed by atoms with Crippen LogP contribution in [-0.2, 0) is 12.2 Å². The summed E-state index contributed by atoms with van der Waals surface area (Å²) in [7, 11) is 0. The number of hydrogen-bond acceptors (Lipinski definition) is 7. The Morgan fingerprint density at radius 3 is 2.62 bits per heavy atom. The predicted molar refractivity (Wildman–Crippen MR) is 115 cm³/mol. The van der Waals surface area contributed by atoms with Crippen LogP contribution in [0.5, 0.6) is 0 Å². The van der Waals surface area contributed by atoms with E-state index in [4.69, 9.17) is 4.52 Å². The Bertz CT molecular complexity index is 914. The van der Waals surface area contributed by atoms with E-state index < -0.39 is 0 Å². The van der Waals surface area contributed by atoms with Crippen molar-refractivity contribution in [2.45, 2.75) is 63.3 Å². The van der Waals surface area contributed by atoms with Crippen molar-refractivity contribution in [3.8, 4) is 5.69 Å². The Kier molecular flexibility index (Phi) is 6.49. The second-order valence-corrected chi connectivity index (χ2v) is 8.44. The van der Waals surface area contributed by atoms with Crippen molar-refractivity contribution in [2.75, 3.05) is 18.0 Å². The normalized spacial score (nSPS) is 14.5. The smallest absolute Gasteiger partial charge is 0.232 e. The summed E-state index contributed by atoms with van der Waals surface area (Å²) in [6, 6.07) is 8.52. The Morgan fingerprint density at radius 2 is 1.86 bits per heavy atom. The largest absolute Gasteiger partial charge is 0.341 e. The molecule has 2 aromatic heterocycles. The van der Waals surface area contributed by atoms with Crippen molar-refractivity contribution in [3.05, 3.63) is 41.5 Å². The standard InChI is InChI=1S/C21H28N6OS/c1-3-4-8-19-22-18(25-28-19)15-29-21-24-23-20(26-13-6-5-7-14-26)27(21)17-11-9-16(2)10-12-17/h9-12H,3-8,13-15H2,1-2H3. The molecule has 1 aliphatic heterocycles. The van der Waals surface area contributed by atoms with Crippen molar-refractivity contribution >= 4 is 17.7 Å². The van der Waals surface area contributed by atoms with Gasteiger partial charge >= 0.3 is 0 Å². The highest BCUT2D eigenvalue weighted by Crippen LogP contribution is 2.29. The van der Waals surface area contributed by atoms with E-state index in [9.17, 15) is 0 Å². The van der Waals surface area contributed by atoms with E-state index in [2.05, 4.69) is 67.9 Å². The Balaban J connectivity index is 1.56. The summed E-state index contributed by atoms with van der Waals surface area (Å²) in [6.07, 6.45) is 6.71. The van der Waals surface area contributed by atoms with Crippen LogP contribution in [-0.4, -0.2) is 38.0 Å². The van der Waals surface area contributed by atoms with E-state index in [-0.39, 0.29) is 0 Å². The van der Waals surface area contributed by atoms with E-state index in [0.717, 1.165) is 55.0 Å². The molecule has 3 heterocycles. The quantitative estimate of drug-likeness (QED) is 0.501. The van der Waals surface area contributed by atoms with E-state index in [1.807, 2.05) is 0 Å². The predicted octanol–water partition coefficient (Wildman–Crippen LogP) is 4.58. The van der Waals surface area contributed by atoms with Crippen molar-refractivity contribution in [2.24, 2.45) is 0 Å². The lowest BCUT2D eigenvalue weighted by molar-refractivity contribution is 0.371. The average Bonchev–Trinajstić information content (AvgIpc) is 3.39. The van der Waals surface area contributed by atoms with Gasteiger partial charge in [0.05, 0.1) is 11.4 Å². The highest BCUT2D eigenvalue weighted by Gasteiger charge is 2.22. The Labute approximate surface area is 175 Å². The lowest BCUT2D eigenvalue weighted by atomic mass is 10.1. The van der Waals surface area contributed by atoms with Crippen LogP contribution in [0.1, 0.15) is 56.3 Å². The van der Waals surface area contributed by atoms with Gasteiger partial charge < -0.3 is 9.42 Å². The van der Waals surface area contributed by atoms with Gasteiger partial charge in [0, 0.05) is 19.5 Å². The number of unbranched alkanes of at least 4 members (excludes halogenated alkanes) is 1. The average molecular weight is 413 g/mol. The topological polar surface area (TPSA) is 72.9 Å². The number of thioether (sulfide) groups is 1. The van der Waals surface area contributed by atoms with Gasteiger partial charge in [0.25, 0.3) is 0 Å². The molecule has 0 bridgehead atoms. The third-order valence-corrected chi connectivity index (χ3v) is 6.06. The molecule has 154 valence electrons. The van der Waals surface area contributed by atoms with Gasteiger partial charge in [-0.3, -0.25) is 4.57 Å². The van der Waals surface area contributed by atoms with Crippen LogP contribution in [0.25, 0.3) is 5.69 Å². The van der Waals surface area contributed by atoms with E-state index in [0.29, 0.717) is 11.6 Å². The summed E-state index contributed by atoms with van der Waals surface area (Å²) in [5.74, 6) is 2.96. The molecule has 0 unspecified atom stereocenters. The summed E-state index contributed by atoms with van der Waals surface area (Å²) in [5.41, 5.74) is 2.32. The van der Waals surface area contributed by atoms with Crippen LogP contribution in [0.15, 0.2) is 33.9 Å². The number of hydrogen-bond donors (Lipinski definition) is 0. The molecule has 0 spiro atoms. The van der Waals surface area contributed by atoms with Gasteiger partial charge in [0.2, 0.25) is 11.8 Å². The molecule has 4 rings (SSSR count). The zero-order chi connectivity index (χ0) is 20.1. The monoisotopic (exact) mass is 412 g/mol. The lowest BCUT2D eigenvalue weighted by Gasteiger charge is -2.27. The van der Waals surface area contributed by atoms with Gasteiger partial charge in [0.15, 0.2) is 11.0 Å². The molecule has 1 saturated heterocycles. The molecule has 29 heavy (non-hydrogen) atoms. The number of anilines is 1. The maximum Gasteiger partial charge on any atom is 0.232 e. The molecule has 0 N–H and O–H groups in total.